The van der Waals surface area contributed by atoms with E-state index in [0.717, 1.165) is 18.2 Å². The lowest BCUT2D eigenvalue weighted by Crippen LogP contribution is -2.01. The Balaban J connectivity index is 2.26. The summed E-state index contributed by atoms with van der Waals surface area (Å²) in [6, 6.07) is 0. The molecule has 0 N–H and O–H groups in total. The molecule has 0 heterocycles. The maximum atomic E-state index is 12.0. The zero-order valence-corrected chi connectivity index (χ0v) is 8.92. The van der Waals surface area contributed by atoms with E-state index >= 15 is 0 Å². The third-order valence-electron chi connectivity index (χ3n) is 3.09. The van der Waals surface area contributed by atoms with E-state index < -0.39 is 7.60 Å². The van der Waals surface area contributed by atoms with Gasteiger partial charge in [-0.2, -0.15) is 0 Å². The van der Waals surface area contributed by atoms with Crippen molar-refractivity contribution in [2.45, 2.75) is 19.3 Å². The second-order valence-electron chi connectivity index (χ2n) is 3.72. The molecule has 0 unspecified atom stereocenters. The summed E-state index contributed by atoms with van der Waals surface area (Å²) in [5.74, 6) is 1.08. The Hall–Kier alpha value is -0.110. The number of hydrogen-bond donors (Lipinski definition) is 0. The molecule has 3 nitrogen and oxygen atoms in total. The molecule has 4 heteroatoms. The molecular weight excluding hydrogens is 187 g/mol. The third kappa shape index (κ3) is 1.39. The Morgan fingerprint density at radius 3 is 2.46 bits per heavy atom. The molecule has 2 aliphatic rings. The quantitative estimate of drug-likeness (QED) is 0.660. The fourth-order valence-electron chi connectivity index (χ4n) is 2.41. The van der Waals surface area contributed by atoms with E-state index in [0.29, 0.717) is 11.8 Å². The van der Waals surface area contributed by atoms with Gasteiger partial charge in [0.1, 0.15) is 0 Å². The molecule has 2 rings (SSSR count). The van der Waals surface area contributed by atoms with Crippen molar-refractivity contribution in [3.8, 4) is 0 Å². The van der Waals surface area contributed by atoms with Crippen molar-refractivity contribution >= 4 is 7.60 Å². The molecule has 2 atom stereocenters. The largest absolute Gasteiger partial charge is 0.356 e. The summed E-state index contributed by atoms with van der Waals surface area (Å²) in [6.45, 7) is 0. The topological polar surface area (TPSA) is 35.5 Å². The first kappa shape index (κ1) is 9.45. The lowest BCUT2D eigenvalue weighted by atomic mass is 10.1. The Labute approximate surface area is 78.6 Å². The van der Waals surface area contributed by atoms with Crippen LogP contribution in [0.4, 0.5) is 0 Å². The zero-order valence-electron chi connectivity index (χ0n) is 8.03. The normalized spacial score (nSPS) is 32.3. The minimum Gasteiger partial charge on any atom is -0.309 e. The van der Waals surface area contributed by atoms with Gasteiger partial charge in [0.05, 0.1) is 0 Å². The number of rotatable bonds is 3. The van der Waals surface area contributed by atoms with Gasteiger partial charge in [0.2, 0.25) is 0 Å². The Morgan fingerprint density at radius 1 is 1.38 bits per heavy atom. The molecule has 0 aliphatic heterocycles. The van der Waals surface area contributed by atoms with E-state index in [-0.39, 0.29) is 0 Å². The van der Waals surface area contributed by atoms with Gasteiger partial charge in [-0.15, -0.1) is 0 Å². The number of hydrogen-bond acceptors (Lipinski definition) is 3. The van der Waals surface area contributed by atoms with Crippen LogP contribution in [0.2, 0.25) is 0 Å². The van der Waals surface area contributed by atoms with E-state index in [1.54, 1.807) is 0 Å². The zero-order chi connectivity index (χ0) is 9.47. The minimum absolute atomic E-state index is 0.454. The van der Waals surface area contributed by atoms with E-state index in [9.17, 15) is 4.57 Å². The highest BCUT2D eigenvalue weighted by Crippen LogP contribution is 2.64. The highest BCUT2D eigenvalue weighted by atomic mass is 31.2. The number of fused-ring (bicyclic) bond motifs is 2. The second kappa shape index (κ2) is 3.23. The molecule has 0 amide bonds. The fraction of sp³-hybridized carbons (Fsp3) is 0.778. The summed E-state index contributed by atoms with van der Waals surface area (Å²) in [5.41, 5.74) is 0. The molecule has 0 spiro atoms. The molecule has 2 aliphatic carbocycles. The van der Waals surface area contributed by atoms with Crippen molar-refractivity contribution in [2.75, 3.05) is 14.2 Å². The summed E-state index contributed by atoms with van der Waals surface area (Å²) in [5, 5.41) is 0.925. The van der Waals surface area contributed by atoms with Crippen LogP contribution in [-0.4, -0.2) is 14.2 Å². The van der Waals surface area contributed by atoms with Crippen LogP contribution in [0.5, 0.6) is 0 Å². The Bertz CT molecular complexity index is 277. The van der Waals surface area contributed by atoms with Gasteiger partial charge in [0.25, 0.3) is 0 Å². The summed E-state index contributed by atoms with van der Waals surface area (Å²) in [4.78, 5) is 0. The van der Waals surface area contributed by atoms with Crippen LogP contribution in [0.3, 0.4) is 0 Å². The van der Waals surface area contributed by atoms with Gasteiger partial charge in [-0.3, -0.25) is 4.57 Å². The monoisotopic (exact) mass is 202 g/mol. The Morgan fingerprint density at radius 2 is 2.08 bits per heavy atom. The molecule has 13 heavy (non-hydrogen) atoms. The maximum absolute atomic E-state index is 12.0. The molecule has 1 saturated carbocycles. The third-order valence-corrected chi connectivity index (χ3v) is 5.20. The van der Waals surface area contributed by atoms with Crippen LogP contribution in [0, 0.1) is 11.8 Å². The van der Waals surface area contributed by atoms with Gasteiger partial charge in [-0.1, -0.05) is 6.08 Å². The average Bonchev–Trinajstić information content (AvgIpc) is 2.77. The molecule has 0 saturated heterocycles. The van der Waals surface area contributed by atoms with Crippen molar-refractivity contribution < 1.29 is 13.6 Å². The highest BCUT2D eigenvalue weighted by Gasteiger charge is 2.42. The lowest BCUT2D eigenvalue weighted by Gasteiger charge is -2.20. The van der Waals surface area contributed by atoms with Crippen molar-refractivity contribution in [1.29, 1.82) is 0 Å². The summed E-state index contributed by atoms with van der Waals surface area (Å²) < 4.78 is 22.0. The van der Waals surface area contributed by atoms with Crippen molar-refractivity contribution in [3.05, 3.63) is 11.4 Å². The van der Waals surface area contributed by atoms with Crippen LogP contribution in [0.25, 0.3) is 0 Å². The van der Waals surface area contributed by atoms with E-state index in [4.69, 9.17) is 9.05 Å². The molecule has 1 fully saturated rings. The van der Waals surface area contributed by atoms with Crippen LogP contribution in [-0.2, 0) is 13.6 Å². The van der Waals surface area contributed by atoms with Gasteiger partial charge in [-0.25, -0.2) is 0 Å². The van der Waals surface area contributed by atoms with Crippen molar-refractivity contribution in [3.63, 3.8) is 0 Å². The summed E-state index contributed by atoms with van der Waals surface area (Å²) >= 11 is 0. The van der Waals surface area contributed by atoms with Crippen molar-refractivity contribution in [1.82, 2.24) is 0 Å². The predicted molar refractivity (Wildman–Crippen MR) is 50.5 cm³/mol. The van der Waals surface area contributed by atoms with Crippen molar-refractivity contribution in [2.24, 2.45) is 11.8 Å². The predicted octanol–water partition coefficient (Wildman–Crippen LogP) is 2.79. The van der Waals surface area contributed by atoms with Gasteiger partial charge in [0.15, 0.2) is 0 Å². The lowest BCUT2D eigenvalue weighted by molar-refractivity contribution is 0.279. The first-order valence-corrected chi connectivity index (χ1v) is 6.17. The van der Waals surface area contributed by atoms with Gasteiger partial charge in [-0.05, 0) is 31.1 Å². The van der Waals surface area contributed by atoms with Crippen LogP contribution >= 0.6 is 7.60 Å². The fourth-order valence-corrected chi connectivity index (χ4v) is 4.06. The van der Waals surface area contributed by atoms with Gasteiger partial charge in [0, 0.05) is 19.5 Å². The molecule has 0 aromatic carbocycles. The standard InChI is InChI=1S/C9H15O3P/c1-11-13(10,12-2)9-6-7-3-4-8(9)5-7/h6-8H,3-5H2,1-2H3/t7-,8+/m0/s1. The molecule has 74 valence electrons. The summed E-state index contributed by atoms with van der Waals surface area (Å²) in [7, 11) is 0.00102. The molecule has 2 bridgehead atoms. The van der Waals surface area contributed by atoms with Gasteiger partial charge < -0.3 is 9.05 Å². The average molecular weight is 202 g/mol. The van der Waals surface area contributed by atoms with Gasteiger partial charge >= 0.3 is 7.60 Å². The van der Waals surface area contributed by atoms with E-state index in [1.807, 2.05) is 0 Å². The van der Waals surface area contributed by atoms with Crippen LogP contribution in [0.1, 0.15) is 19.3 Å². The first-order chi connectivity index (χ1) is 6.19. The van der Waals surface area contributed by atoms with E-state index in [1.165, 1.54) is 20.6 Å². The maximum Gasteiger partial charge on any atom is 0.356 e. The SMILES string of the molecule is COP(=O)(OC)C1=C[C@H]2CC[C@@H]1C2. The highest BCUT2D eigenvalue weighted by molar-refractivity contribution is 7.58. The second-order valence-corrected chi connectivity index (χ2v) is 5.97. The minimum atomic E-state index is -2.91. The molecular formula is C9H15O3P. The van der Waals surface area contributed by atoms with Crippen LogP contribution in [0.15, 0.2) is 11.4 Å². The van der Waals surface area contributed by atoms with E-state index in [2.05, 4.69) is 6.08 Å². The molecule has 0 aromatic heterocycles. The molecule has 0 aromatic rings. The Kier molecular flexibility index (Phi) is 2.35. The number of allylic oxidation sites excluding steroid dienone is 2. The van der Waals surface area contributed by atoms with Crippen LogP contribution < -0.4 is 0 Å². The summed E-state index contributed by atoms with van der Waals surface area (Å²) in [6.07, 6.45) is 5.63. The smallest absolute Gasteiger partial charge is 0.309 e. The molecule has 0 radical (unpaired) electrons. The first-order valence-electron chi connectivity index (χ1n) is 4.63.